The first kappa shape index (κ1) is 14.7. The number of hydrogen-bond acceptors (Lipinski definition) is 2. The first-order valence-corrected chi connectivity index (χ1v) is 7.67. The van der Waals surface area contributed by atoms with E-state index in [1.807, 2.05) is 23.9 Å². The van der Waals surface area contributed by atoms with Crippen molar-refractivity contribution in [2.75, 3.05) is 12.3 Å². The Kier molecular flexibility index (Phi) is 5.16. The molecular weight excluding hydrogens is 271 g/mol. The Morgan fingerprint density at radius 2 is 2.00 bits per heavy atom. The van der Waals surface area contributed by atoms with Gasteiger partial charge in [0.25, 0.3) is 0 Å². The third-order valence-electron chi connectivity index (χ3n) is 3.25. The summed E-state index contributed by atoms with van der Waals surface area (Å²) >= 11 is 1.87. The monoisotopic (exact) mass is 289 g/mol. The molecule has 0 amide bonds. The zero-order chi connectivity index (χ0) is 13.7. The van der Waals surface area contributed by atoms with Crippen LogP contribution in [0.5, 0.6) is 0 Å². The fourth-order valence-electron chi connectivity index (χ4n) is 2.28. The first-order valence-electron chi connectivity index (χ1n) is 6.52. The minimum atomic E-state index is -4.02. The molecule has 0 aromatic heterocycles. The van der Waals surface area contributed by atoms with Gasteiger partial charge in [0.05, 0.1) is 0 Å². The number of rotatable bonds is 5. The normalized spacial score (nSPS) is 19.2. The fraction of sp³-hybridized carbons (Fsp3) is 0.571. The molecule has 1 aromatic carbocycles. The third-order valence-corrected chi connectivity index (χ3v) is 4.33. The molecule has 0 saturated carbocycles. The molecule has 0 saturated heterocycles. The largest absolute Gasteiger partial charge is 0.389 e. The van der Waals surface area contributed by atoms with Crippen LogP contribution in [0.15, 0.2) is 24.3 Å². The van der Waals surface area contributed by atoms with E-state index in [0.717, 1.165) is 11.5 Å². The molecule has 0 radical (unpaired) electrons. The maximum absolute atomic E-state index is 12.0. The minimum Gasteiger partial charge on any atom is -0.309 e. The van der Waals surface area contributed by atoms with Crippen molar-refractivity contribution in [2.45, 2.75) is 37.2 Å². The van der Waals surface area contributed by atoms with E-state index in [2.05, 4.69) is 17.4 Å². The fourth-order valence-corrected chi connectivity index (χ4v) is 3.41. The van der Waals surface area contributed by atoms with Crippen molar-refractivity contribution < 1.29 is 13.2 Å². The number of nitrogens with one attached hydrogen (secondary N) is 1. The molecule has 0 fully saturated rings. The van der Waals surface area contributed by atoms with Gasteiger partial charge in [0.15, 0.2) is 0 Å². The van der Waals surface area contributed by atoms with Gasteiger partial charge in [-0.3, -0.25) is 0 Å². The molecule has 1 aromatic rings. The summed E-state index contributed by atoms with van der Waals surface area (Å²) in [5, 5.41) is 3.38. The third kappa shape index (κ3) is 4.73. The number of thioether (sulfide) groups is 1. The summed E-state index contributed by atoms with van der Waals surface area (Å²) in [5.41, 5.74) is 2.64. The van der Waals surface area contributed by atoms with Crippen LogP contribution in [-0.4, -0.2) is 18.5 Å². The second kappa shape index (κ2) is 6.66. The van der Waals surface area contributed by atoms with Crippen LogP contribution in [0.2, 0.25) is 0 Å². The number of alkyl halides is 3. The number of benzene rings is 1. The van der Waals surface area contributed by atoms with Crippen molar-refractivity contribution in [2.24, 2.45) is 0 Å². The van der Waals surface area contributed by atoms with Crippen LogP contribution in [0, 0.1) is 0 Å². The molecule has 2 rings (SSSR count). The van der Waals surface area contributed by atoms with Crippen LogP contribution in [0.3, 0.4) is 0 Å². The Morgan fingerprint density at radius 1 is 1.21 bits per heavy atom. The molecule has 1 N–H and O–H groups in total. The van der Waals surface area contributed by atoms with Gasteiger partial charge in [-0.05, 0) is 30.5 Å². The average molecular weight is 289 g/mol. The van der Waals surface area contributed by atoms with Gasteiger partial charge in [0, 0.05) is 24.0 Å². The predicted molar refractivity (Wildman–Crippen MR) is 73.3 cm³/mol. The van der Waals surface area contributed by atoms with E-state index in [1.165, 1.54) is 11.1 Å². The summed E-state index contributed by atoms with van der Waals surface area (Å²) in [6.45, 7) is 0.648. The highest BCUT2D eigenvalue weighted by Crippen LogP contribution is 2.31. The Balaban J connectivity index is 1.75. The van der Waals surface area contributed by atoms with Crippen molar-refractivity contribution in [3.05, 3.63) is 35.4 Å². The molecule has 106 valence electrons. The lowest BCUT2D eigenvalue weighted by molar-refractivity contribution is -0.135. The molecule has 1 unspecified atom stereocenters. The molecular formula is C14H18F3NS. The minimum absolute atomic E-state index is 0.206. The van der Waals surface area contributed by atoms with E-state index in [-0.39, 0.29) is 12.5 Å². The molecule has 1 aliphatic heterocycles. The molecule has 1 atom stereocenters. The second-order valence-corrected chi connectivity index (χ2v) is 5.82. The molecule has 19 heavy (non-hydrogen) atoms. The lowest BCUT2D eigenvalue weighted by atomic mass is 10.0. The van der Waals surface area contributed by atoms with Crippen molar-refractivity contribution in [1.82, 2.24) is 5.32 Å². The molecule has 1 heterocycles. The maximum atomic E-state index is 12.0. The van der Waals surface area contributed by atoms with Crippen LogP contribution >= 0.6 is 11.8 Å². The van der Waals surface area contributed by atoms with E-state index in [9.17, 15) is 13.2 Å². The van der Waals surface area contributed by atoms with Gasteiger partial charge in [0.1, 0.15) is 0 Å². The number of fused-ring (bicyclic) bond motifs is 1. The van der Waals surface area contributed by atoms with Crippen LogP contribution in [0.25, 0.3) is 0 Å². The predicted octanol–water partition coefficient (Wildman–Crippen LogP) is 4.30. The Hall–Kier alpha value is -0.680. The smallest absolute Gasteiger partial charge is 0.309 e. The van der Waals surface area contributed by atoms with E-state index in [4.69, 9.17) is 0 Å². The molecule has 0 spiro atoms. The van der Waals surface area contributed by atoms with Gasteiger partial charge in [-0.2, -0.15) is 24.9 Å². The van der Waals surface area contributed by atoms with Gasteiger partial charge in [-0.1, -0.05) is 24.3 Å². The van der Waals surface area contributed by atoms with Crippen LogP contribution in [0.1, 0.15) is 36.4 Å². The number of halogens is 3. The second-order valence-electron chi connectivity index (χ2n) is 4.79. The highest BCUT2D eigenvalue weighted by atomic mass is 32.2. The van der Waals surface area contributed by atoms with Crippen molar-refractivity contribution in [3.8, 4) is 0 Å². The summed E-state index contributed by atoms with van der Waals surface area (Å²) in [6, 6.07) is 8.57. The van der Waals surface area contributed by atoms with E-state index < -0.39 is 12.6 Å². The maximum Gasteiger partial charge on any atom is 0.389 e. The standard InChI is InChI=1S/C14H18F3NS/c15-14(16,17)7-3-4-8-18-13-10-19-9-11-5-1-2-6-12(11)13/h1-2,5-6,13,18H,3-4,7-10H2. The highest BCUT2D eigenvalue weighted by molar-refractivity contribution is 7.98. The lowest BCUT2D eigenvalue weighted by Crippen LogP contribution is -2.27. The highest BCUT2D eigenvalue weighted by Gasteiger charge is 2.26. The molecule has 5 heteroatoms. The van der Waals surface area contributed by atoms with E-state index in [0.29, 0.717) is 13.0 Å². The number of hydrogen-bond donors (Lipinski definition) is 1. The van der Waals surface area contributed by atoms with Gasteiger partial charge < -0.3 is 5.32 Å². The summed E-state index contributed by atoms with van der Waals surface area (Å²) in [6.07, 6.45) is -3.92. The number of unbranched alkanes of at least 4 members (excludes halogenated alkanes) is 1. The van der Waals surface area contributed by atoms with Crippen molar-refractivity contribution in [1.29, 1.82) is 0 Å². The summed E-state index contributed by atoms with van der Waals surface area (Å²) in [7, 11) is 0. The van der Waals surface area contributed by atoms with Crippen LogP contribution < -0.4 is 5.32 Å². The van der Waals surface area contributed by atoms with Crippen molar-refractivity contribution >= 4 is 11.8 Å². The SMILES string of the molecule is FC(F)(F)CCCCNC1CSCc2ccccc21. The molecule has 0 aliphatic carbocycles. The van der Waals surface area contributed by atoms with Crippen LogP contribution in [-0.2, 0) is 5.75 Å². The Bertz CT molecular complexity index is 406. The van der Waals surface area contributed by atoms with Crippen molar-refractivity contribution in [3.63, 3.8) is 0 Å². The molecule has 0 bridgehead atoms. The zero-order valence-electron chi connectivity index (χ0n) is 10.7. The summed E-state index contributed by atoms with van der Waals surface area (Å²) < 4.78 is 36.0. The zero-order valence-corrected chi connectivity index (χ0v) is 11.5. The Morgan fingerprint density at radius 3 is 2.79 bits per heavy atom. The lowest BCUT2D eigenvalue weighted by Gasteiger charge is -2.26. The average Bonchev–Trinajstić information content (AvgIpc) is 2.37. The van der Waals surface area contributed by atoms with Crippen LogP contribution in [0.4, 0.5) is 13.2 Å². The molecule has 1 aliphatic rings. The first-order chi connectivity index (χ1) is 9.06. The van der Waals surface area contributed by atoms with Gasteiger partial charge >= 0.3 is 6.18 Å². The quantitative estimate of drug-likeness (QED) is 0.811. The summed E-state index contributed by atoms with van der Waals surface area (Å²) in [4.78, 5) is 0. The topological polar surface area (TPSA) is 12.0 Å². The van der Waals surface area contributed by atoms with Gasteiger partial charge in [-0.15, -0.1) is 0 Å². The molecule has 1 nitrogen and oxygen atoms in total. The Labute approximate surface area is 116 Å². The van der Waals surface area contributed by atoms with Gasteiger partial charge in [-0.25, -0.2) is 0 Å². The van der Waals surface area contributed by atoms with Gasteiger partial charge in [0.2, 0.25) is 0 Å². The van der Waals surface area contributed by atoms with E-state index >= 15 is 0 Å². The van der Waals surface area contributed by atoms with E-state index in [1.54, 1.807) is 0 Å². The summed E-state index contributed by atoms with van der Waals surface area (Å²) in [5.74, 6) is 2.03.